The fraction of sp³-hybridized carbons (Fsp3) is 0.515. The van der Waals surface area contributed by atoms with Crippen LogP contribution in [0.1, 0.15) is 110 Å². The zero-order valence-electron chi connectivity index (χ0n) is 51.5. The molecule has 1 aromatic carbocycles. The summed E-state index contributed by atoms with van der Waals surface area (Å²) in [6, 6.07) is 9.37. The van der Waals surface area contributed by atoms with Crippen molar-refractivity contribution in [3.63, 3.8) is 0 Å². The summed E-state index contributed by atoms with van der Waals surface area (Å²) in [5.74, 6) is -2.24. The second-order valence-electron chi connectivity index (χ2n) is 22.2. The maximum Gasteiger partial charge on any atom is 0.331 e. The highest BCUT2D eigenvalue weighted by atomic mass is 16.4. The largest absolute Gasteiger partial charge is 0.478 e. The number of carbonyl (C=O) groups is 1. The van der Waals surface area contributed by atoms with Crippen molar-refractivity contribution in [1.82, 2.24) is 0 Å². The molecule has 492 valence electrons. The summed E-state index contributed by atoms with van der Waals surface area (Å²) in [6.07, 6.45) is 24.0. The van der Waals surface area contributed by atoms with E-state index in [2.05, 4.69) is 9.98 Å². The van der Waals surface area contributed by atoms with Gasteiger partial charge in [-0.15, -0.1) is 0 Å². The highest BCUT2D eigenvalue weighted by Crippen LogP contribution is 2.21. The number of guanidine groups is 1. The quantitative estimate of drug-likeness (QED) is 0.0105. The minimum atomic E-state index is -1.70. The van der Waals surface area contributed by atoms with Gasteiger partial charge < -0.3 is 88.1 Å². The average molecular weight is 1230 g/mol. The molecule has 1 rings (SSSR count). The van der Waals surface area contributed by atoms with Gasteiger partial charge in [0, 0.05) is 61.3 Å². The van der Waals surface area contributed by atoms with Gasteiger partial charge in [0.2, 0.25) is 0 Å². The van der Waals surface area contributed by atoms with E-state index in [-0.39, 0.29) is 81.1 Å². The summed E-state index contributed by atoms with van der Waals surface area (Å²) in [4.78, 5) is 19.3. The van der Waals surface area contributed by atoms with E-state index in [9.17, 15) is 76.3 Å². The van der Waals surface area contributed by atoms with E-state index in [4.69, 9.17) is 16.6 Å². The smallest absolute Gasteiger partial charge is 0.331 e. The molecule has 88 heavy (non-hydrogen) atoms. The van der Waals surface area contributed by atoms with E-state index < -0.39 is 103 Å². The van der Waals surface area contributed by atoms with Gasteiger partial charge in [-0.3, -0.25) is 9.98 Å². The third kappa shape index (κ3) is 39.1. The molecule has 0 spiro atoms. The second kappa shape index (κ2) is 47.9. The molecule has 0 bridgehead atoms. The van der Waals surface area contributed by atoms with Gasteiger partial charge in [-0.2, -0.15) is 0 Å². The summed E-state index contributed by atoms with van der Waals surface area (Å²) >= 11 is 0. The van der Waals surface area contributed by atoms with Crippen molar-refractivity contribution >= 4 is 17.6 Å². The van der Waals surface area contributed by atoms with Crippen molar-refractivity contribution in [2.75, 3.05) is 6.54 Å². The standard InChI is InChI=1S/C68H104N4O16/c1-47(28-19-14-10-9-11-15-20-29-48(2)67(87)88)65(85)50(4)60(81)38-24-17-13-8-6-5-7-12-16-23-37-59(80)49(3)64(72-46-51-30-21-18-22-31-51)61(82)43-55(76)34-25-32-52(73)40-57(78)41-53(74)33-26-35-56(77)44-62(83)66(86)63(84)45-58(79)42-54(75)36-27-39-71-68(69)70/h5-9,11-13,15-26,28-31,33-34,37-38,47,49-50,52-63,65-66,73-86H,10,14,27,32,35-36,39-46H2,1-4H3,(H,87,88)(H4,69,70,71)/b7-5+,8-6+,11-9+,16-12+,17-13+,20-15+,28-19+,33-26+,34-25+,37-23-,38-24+,48-29+,72-64?. The minimum Gasteiger partial charge on any atom is -0.478 e. The van der Waals surface area contributed by atoms with Crippen molar-refractivity contribution in [1.29, 1.82) is 0 Å². The Kier molecular flexibility index (Phi) is 43.5. The SMILES string of the molecule is C\C(=C/C=C/C=C/CC/C=C/C(C)C(O)C(C)C(O)/C=C/C=C/C=C/C=C/C=C/C=C\C(O)C(C)C(=NCc1ccccc1)C(O)CC(O)/C=C/CC(O)CC(O)CC(O)/C=C/CC(O)CC(O)C(O)C(O)CC(O)CC(O)CCCN=C(N)N)C(=O)O. The Hall–Kier alpha value is -6.05. The molecule has 0 amide bonds. The maximum atomic E-state index is 11.4. The van der Waals surface area contributed by atoms with Crippen molar-refractivity contribution in [3.05, 3.63) is 181 Å². The molecule has 0 fully saturated rings. The summed E-state index contributed by atoms with van der Waals surface area (Å²) < 4.78 is 0. The van der Waals surface area contributed by atoms with Crippen molar-refractivity contribution in [2.24, 2.45) is 39.2 Å². The molecule has 0 aliphatic heterocycles. The first-order valence-electron chi connectivity index (χ1n) is 30.2. The van der Waals surface area contributed by atoms with Gasteiger partial charge in [0.25, 0.3) is 0 Å². The van der Waals surface area contributed by atoms with Gasteiger partial charge in [-0.05, 0) is 63.9 Å². The number of aliphatic hydroxyl groups is 14. The predicted molar refractivity (Wildman–Crippen MR) is 347 cm³/mol. The third-order valence-electron chi connectivity index (χ3n) is 14.2. The number of allylic oxidation sites excluding steroid dienone is 16. The molecule has 0 aliphatic carbocycles. The highest BCUT2D eigenvalue weighted by Gasteiger charge is 2.30. The summed E-state index contributed by atoms with van der Waals surface area (Å²) in [6.45, 7) is 7.48. The van der Waals surface area contributed by atoms with E-state index in [1.54, 1.807) is 80.7 Å². The normalized spacial score (nSPS) is 19.4. The van der Waals surface area contributed by atoms with Crippen LogP contribution in [-0.2, 0) is 11.3 Å². The topological polar surface area (TPSA) is 397 Å². The lowest BCUT2D eigenvalue weighted by Gasteiger charge is -2.26. The van der Waals surface area contributed by atoms with Crippen LogP contribution in [0.15, 0.2) is 186 Å². The van der Waals surface area contributed by atoms with Crippen LogP contribution in [0.3, 0.4) is 0 Å². The summed E-state index contributed by atoms with van der Waals surface area (Å²) in [5, 5.41) is 157. The number of carboxylic acid groups (broad SMARTS) is 1. The Labute approximate surface area is 520 Å². The van der Waals surface area contributed by atoms with Gasteiger partial charge in [-0.1, -0.05) is 191 Å². The molecule has 20 heteroatoms. The molecule has 19 N–H and O–H groups in total. The second-order valence-corrected chi connectivity index (χ2v) is 22.2. The van der Waals surface area contributed by atoms with E-state index in [0.29, 0.717) is 19.4 Å². The van der Waals surface area contributed by atoms with E-state index in [0.717, 1.165) is 18.4 Å². The lowest BCUT2D eigenvalue weighted by Crippen LogP contribution is -2.41. The van der Waals surface area contributed by atoms with Crippen LogP contribution in [-0.4, -0.2) is 186 Å². The predicted octanol–water partition coefficient (Wildman–Crippen LogP) is 4.69. The van der Waals surface area contributed by atoms with Gasteiger partial charge in [0.05, 0.1) is 85.9 Å². The zero-order valence-corrected chi connectivity index (χ0v) is 51.5. The van der Waals surface area contributed by atoms with Crippen LogP contribution < -0.4 is 11.5 Å². The number of hydrogen-bond donors (Lipinski definition) is 17. The van der Waals surface area contributed by atoms with Crippen LogP contribution in [0.25, 0.3) is 0 Å². The van der Waals surface area contributed by atoms with E-state index >= 15 is 0 Å². The van der Waals surface area contributed by atoms with Crippen LogP contribution in [0.2, 0.25) is 0 Å². The van der Waals surface area contributed by atoms with Gasteiger partial charge in [-0.25, -0.2) is 4.79 Å². The molecule has 17 atom stereocenters. The van der Waals surface area contributed by atoms with Crippen molar-refractivity contribution < 1.29 is 81.4 Å². The summed E-state index contributed by atoms with van der Waals surface area (Å²) in [7, 11) is 0. The third-order valence-corrected chi connectivity index (χ3v) is 14.2. The number of unbranched alkanes of at least 4 members (excludes halogenated alkanes) is 1. The van der Waals surface area contributed by atoms with Crippen LogP contribution in [0, 0.1) is 17.8 Å². The molecule has 0 aliphatic rings. The van der Waals surface area contributed by atoms with Crippen LogP contribution >= 0.6 is 0 Å². The average Bonchev–Trinajstić information content (AvgIpc) is 2.74. The number of benzene rings is 1. The zero-order chi connectivity index (χ0) is 65.8. The fourth-order valence-electron chi connectivity index (χ4n) is 8.84. The molecule has 0 radical (unpaired) electrons. The molecule has 0 heterocycles. The van der Waals surface area contributed by atoms with Gasteiger partial charge >= 0.3 is 5.97 Å². The lowest BCUT2D eigenvalue weighted by molar-refractivity contribution is -0.132. The molecule has 1 aromatic rings. The number of aliphatic carboxylic acids is 1. The molecular weight excluding hydrogens is 1130 g/mol. The molecule has 20 nitrogen and oxygen atoms in total. The Morgan fingerprint density at radius 2 is 1.01 bits per heavy atom. The molecular formula is C68H104N4O16. The monoisotopic (exact) mass is 1230 g/mol. The first kappa shape index (κ1) is 80.0. The number of aliphatic hydroxyl groups excluding tert-OH is 14. The first-order valence-corrected chi connectivity index (χ1v) is 30.2. The number of nitrogens with two attached hydrogens (primary N) is 2. The maximum absolute atomic E-state index is 11.4. The highest BCUT2D eigenvalue weighted by molar-refractivity contribution is 5.91. The van der Waals surface area contributed by atoms with Crippen LogP contribution in [0.4, 0.5) is 0 Å². The molecule has 0 saturated heterocycles. The van der Waals surface area contributed by atoms with Gasteiger partial charge in [0.1, 0.15) is 6.10 Å². The minimum absolute atomic E-state index is 0.0380. The molecule has 0 aromatic heterocycles. The Bertz CT molecular complexity index is 2480. The number of aliphatic imine (C=N–C) groups is 2. The number of rotatable bonds is 46. The Balaban J connectivity index is 2.64. The number of nitrogens with zero attached hydrogens (tertiary/aromatic N) is 2. The van der Waals surface area contributed by atoms with Crippen molar-refractivity contribution in [2.45, 2.75) is 197 Å². The van der Waals surface area contributed by atoms with Gasteiger partial charge in [0.15, 0.2) is 5.96 Å². The first-order chi connectivity index (χ1) is 41.8. The fourth-order valence-corrected chi connectivity index (χ4v) is 8.84. The lowest BCUT2D eigenvalue weighted by atomic mass is 9.88. The molecule has 17 unspecified atom stereocenters. The Morgan fingerprint density at radius 3 is 1.59 bits per heavy atom. The Morgan fingerprint density at radius 1 is 0.511 bits per heavy atom. The van der Waals surface area contributed by atoms with Crippen LogP contribution in [0.5, 0.6) is 0 Å². The summed E-state index contributed by atoms with van der Waals surface area (Å²) in [5.41, 5.74) is 11.9. The van der Waals surface area contributed by atoms with E-state index in [1.807, 2.05) is 79.8 Å². The number of hydrogen-bond acceptors (Lipinski definition) is 17. The molecule has 0 saturated carbocycles. The van der Waals surface area contributed by atoms with E-state index in [1.165, 1.54) is 37.3 Å². The number of carboxylic acids is 1. The van der Waals surface area contributed by atoms with Crippen molar-refractivity contribution in [3.8, 4) is 0 Å².